The molecule has 5 nitrogen and oxygen atoms in total. The molecule has 0 fully saturated rings. The van der Waals surface area contributed by atoms with E-state index in [0.29, 0.717) is 0 Å². The van der Waals surface area contributed by atoms with Gasteiger partial charge in [0.2, 0.25) is 8.83 Å². The zero-order valence-electron chi connectivity index (χ0n) is 3.27. The van der Waals surface area contributed by atoms with E-state index in [1.807, 2.05) is 0 Å². The van der Waals surface area contributed by atoms with E-state index in [0.717, 1.165) is 0 Å². The molecule has 0 spiro atoms. The fraction of sp³-hybridized carbons (Fsp3) is 0. The number of hydrogen-bond donors (Lipinski definition) is 0. The Bertz CT molecular complexity index is 116. The Labute approximate surface area is 44.2 Å². The predicted octanol–water partition coefficient (Wildman–Crippen LogP) is -0.825. The minimum atomic E-state index is -2.10. The first-order chi connectivity index (χ1) is 3.27. The molecule has 0 aromatic heterocycles. The van der Waals surface area contributed by atoms with Crippen molar-refractivity contribution in [2.75, 3.05) is 0 Å². The molecule has 0 aliphatic carbocycles. The van der Waals surface area contributed by atoms with Gasteiger partial charge in [0.15, 0.2) is 0 Å². The average molecular weight is 136 g/mol. The maximum atomic E-state index is 9.56. The number of rotatable bonds is 2. The van der Waals surface area contributed by atoms with E-state index in [-0.39, 0.29) is 0 Å². The minimum absolute atomic E-state index is 1.53. The van der Waals surface area contributed by atoms with Gasteiger partial charge in [-0.1, -0.05) is 10.5 Å². The normalized spacial score (nSPS) is 13.9. The van der Waals surface area contributed by atoms with E-state index >= 15 is 0 Å². The maximum absolute atomic E-state index is 9.56. The molecule has 0 amide bonds. The second-order valence-electron chi connectivity index (χ2n) is 0.664. The summed E-state index contributed by atoms with van der Waals surface area (Å²) in [5.41, 5.74) is 7.53. The van der Waals surface area contributed by atoms with Crippen LogP contribution in [0.4, 0.5) is 0 Å². The highest BCUT2D eigenvalue weighted by molar-refractivity contribution is 8.05. The summed E-state index contributed by atoms with van der Waals surface area (Å²) in [5.74, 6) is 0. The Kier molecular flexibility index (Phi) is 3.62. The zero-order valence-corrected chi connectivity index (χ0v) is 5.50. The number of azide groups is 1. The van der Waals surface area contributed by atoms with Crippen LogP contribution in [-0.4, -0.2) is 17.6 Å². The summed E-state index contributed by atoms with van der Waals surface area (Å²) in [6, 6.07) is 0. The monoisotopic (exact) mass is 136 g/mol. The molecule has 0 radical (unpaired) electrons. The van der Waals surface area contributed by atoms with Gasteiger partial charge in [0.25, 0.3) is 0 Å². The van der Waals surface area contributed by atoms with Gasteiger partial charge in [-0.3, -0.25) is 4.21 Å². The molecule has 0 saturated carbocycles. The van der Waals surface area contributed by atoms with Crippen LogP contribution in [0, 0.1) is 0 Å². The Hall–Kier alpha value is -0.363. The van der Waals surface area contributed by atoms with Crippen LogP contribution in [0.15, 0.2) is 4.78 Å². The van der Waals surface area contributed by atoms with Crippen molar-refractivity contribution >= 4 is 19.4 Å². The fourth-order valence-corrected chi connectivity index (χ4v) is 0.657. The van der Waals surface area contributed by atoms with Crippen molar-refractivity contribution in [2.45, 2.75) is 0 Å². The lowest BCUT2D eigenvalue weighted by Gasteiger charge is -1.93. The second kappa shape index (κ2) is 3.81. The third-order valence-electron chi connectivity index (χ3n) is 0.226. The summed E-state index contributed by atoms with van der Waals surface area (Å²) >= 11 is 0. The highest BCUT2D eigenvalue weighted by Gasteiger charge is 1.73. The van der Waals surface area contributed by atoms with Crippen LogP contribution < -0.4 is 0 Å². The quantitative estimate of drug-likeness (QED) is 0.163. The highest BCUT2D eigenvalue weighted by Crippen LogP contribution is 1.68. The maximum Gasteiger partial charge on any atom is 0.208 e. The SMILES string of the molecule is [N-]=[N+]=N[SiH2]S(=O)[O-]. The third kappa shape index (κ3) is 5.64. The third-order valence-corrected chi connectivity index (χ3v) is 1.66. The lowest BCUT2D eigenvalue weighted by atomic mass is 13.0. The van der Waals surface area contributed by atoms with Gasteiger partial charge < -0.3 is 4.55 Å². The van der Waals surface area contributed by atoms with E-state index in [1.54, 1.807) is 0 Å². The first kappa shape index (κ1) is 6.64. The van der Waals surface area contributed by atoms with E-state index in [2.05, 4.69) is 9.69 Å². The van der Waals surface area contributed by atoms with Crippen LogP contribution in [0.1, 0.15) is 0 Å². The summed E-state index contributed by atoms with van der Waals surface area (Å²) < 4.78 is 22.0. The van der Waals surface area contributed by atoms with E-state index in [9.17, 15) is 8.76 Å². The summed E-state index contributed by atoms with van der Waals surface area (Å²) in [6.07, 6.45) is 0. The zero-order chi connectivity index (χ0) is 5.70. The van der Waals surface area contributed by atoms with Gasteiger partial charge in [0.05, 0.1) is 0 Å². The first-order valence-electron chi connectivity index (χ1n) is 1.34. The molecule has 1 atom stereocenters. The Morgan fingerprint density at radius 2 is 2.57 bits per heavy atom. The van der Waals surface area contributed by atoms with Crippen molar-refractivity contribution in [3.8, 4) is 0 Å². The molecule has 0 N–H and O–H groups in total. The molecule has 0 aromatic carbocycles. The van der Waals surface area contributed by atoms with Crippen LogP contribution in [0.25, 0.3) is 10.4 Å². The minimum Gasteiger partial charge on any atom is -0.778 e. The number of nitrogens with zero attached hydrogens (tertiary/aromatic N) is 3. The molecule has 40 valence electrons. The van der Waals surface area contributed by atoms with Gasteiger partial charge in [-0.15, -0.1) is 4.78 Å². The second-order valence-corrected chi connectivity index (χ2v) is 4.00. The molecular weight excluding hydrogens is 134 g/mol. The Morgan fingerprint density at radius 3 is 2.71 bits per heavy atom. The van der Waals surface area contributed by atoms with Gasteiger partial charge in [0.1, 0.15) is 0 Å². The van der Waals surface area contributed by atoms with Crippen molar-refractivity contribution in [2.24, 2.45) is 4.78 Å². The molecule has 0 rings (SSSR count). The van der Waals surface area contributed by atoms with Gasteiger partial charge in [-0.25, -0.2) is 0 Å². The first-order valence-corrected chi connectivity index (χ1v) is 4.95. The fourth-order valence-electron chi connectivity index (χ4n) is 0.0730. The van der Waals surface area contributed by atoms with Crippen molar-refractivity contribution in [3.05, 3.63) is 10.4 Å². The topological polar surface area (TPSA) is 88.9 Å². The van der Waals surface area contributed by atoms with Crippen molar-refractivity contribution in [3.63, 3.8) is 0 Å². The molecule has 7 heavy (non-hydrogen) atoms. The molecule has 0 bridgehead atoms. The molecule has 0 aromatic rings. The molecule has 0 aliphatic rings. The van der Waals surface area contributed by atoms with E-state index in [1.165, 1.54) is 0 Å². The molecule has 0 heterocycles. The van der Waals surface area contributed by atoms with E-state index in [4.69, 9.17) is 5.53 Å². The lowest BCUT2D eigenvalue weighted by molar-refractivity contribution is 0.551. The number of hydrogen-bond acceptors (Lipinski definition) is 3. The smallest absolute Gasteiger partial charge is 0.208 e. The predicted molar refractivity (Wildman–Crippen MR) is 26.6 cm³/mol. The van der Waals surface area contributed by atoms with Gasteiger partial charge in [-0.05, 0) is 10.4 Å². The van der Waals surface area contributed by atoms with Crippen molar-refractivity contribution in [1.82, 2.24) is 0 Å². The van der Waals surface area contributed by atoms with E-state index < -0.39 is 19.4 Å². The van der Waals surface area contributed by atoms with Crippen molar-refractivity contribution < 1.29 is 8.76 Å². The summed E-state index contributed by atoms with van der Waals surface area (Å²) in [5, 5.41) is 0. The molecule has 1 unspecified atom stereocenters. The molecule has 0 saturated heterocycles. The van der Waals surface area contributed by atoms with Gasteiger partial charge in [0, 0.05) is 0 Å². The van der Waals surface area contributed by atoms with Crippen LogP contribution in [0.5, 0.6) is 0 Å². The average Bonchev–Trinajstić information content (AvgIpc) is 1.61. The molecule has 0 aliphatic heterocycles. The van der Waals surface area contributed by atoms with Crippen LogP contribution in [0.3, 0.4) is 0 Å². The molecular formula is H2N3O2SSi-. The Balaban J connectivity index is 3.32. The largest absolute Gasteiger partial charge is 0.778 e. The summed E-state index contributed by atoms with van der Waals surface area (Å²) in [4.78, 5) is 2.27. The highest BCUT2D eigenvalue weighted by atomic mass is 32.4. The summed E-state index contributed by atoms with van der Waals surface area (Å²) in [6.45, 7) is 0. The molecule has 7 heteroatoms. The van der Waals surface area contributed by atoms with Crippen LogP contribution in [-0.2, 0) is 10.5 Å². The lowest BCUT2D eigenvalue weighted by Crippen LogP contribution is -1.93. The Morgan fingerprint density at radius 1 is 2.00 bits per heavy atom. The van der Waals surface area contributed by atoms with Crippen LogP contribution >= 0.6 is 0 Å². The van der Waals surface area contributed by atoms with Gasteiger partial charge >= 0.3 is 0 Å². The van der Waals surface area contributed by atoms with Crippen LogP contribution in [0.2, 0.25) is 0 Å². The summed E-state index contributed by atoms with van der Waals surface area (Å²) in [7, 11) is -3.63. The van der Waals surface area contributed by atoms with Gasteiger partial charge in [-0.2, -0.15) is 0 Å². The standard InChI is InChI=1S/H3N3O2SSi/c1-2-3-7-6(4)5/h7H2,(H,4,5)/p-1. The van der Waals surface area contributed by atoms with Crippen molar-refractivity contribution in [1.29, 1.82) is 0 Å².